The fourth-order valence-corrected chi connectivity index (χ4v) is 3.74. The van der Waals surface area contributed by atoms with Crippen molar-refractivity contribution in [2.45, 2.75) is 38.3 Å². The van der Waals surface area contributed by atoms with E-state index in [2.05, 4.69) is 35.3 Å². The summed E-state index contributed by atoms with van der Waals surface area (Å²) < 4.78 is 29.8. The third-order valence-electron chi connectivity index (χ3n) is 5.37. The molecule has 0 bridgehead atoms. The van der Waals surface area contributed by atoms with Gasteiger partial charge < -0.3 is 15.4 Å². The van der Waals surface area contributed by atoms with Crippen molar-refractivity contribution in [3.8, 4) is 5.88 Å². The summed E-state index contributed by atoms with van der Waals surface area (Å²) in [6, 6.07) is 5.51. The molecule has 3 aromatic rings. The molecule has 1 saturated carbocycles. The van der Waals surface area contributed by atoms with Crippen LogP contribution < -0.4 is 15.4 Å². The molecular weight excluding hydrogens is 424 g/mol. The van der Waals surface area contributed by atoms with E-state index < -0.39 is 11.5 Å². The Hall–Kier alpha value is -3.70. The van der Waals surface area contributed by atoms with Crippen molar-refractivity contribution in [1.82, 2.24) is 19.9 Å². The lowest BCUT2D eigenvalue weighted by atomic mass is 9.86. The Morgan fingerprint density at radius 1 is 1.12 bits per heavy atom. The van der Waals surface area contributed by atoms with Crippen molar-refractivity contribution >= 4 is 28.4 Å². The second-order valence-electron chi connectivity index (χ2n) is 7.53. The molecule has 0 amide bonds. The predicted octanol–water partition coefficient (Wildman–Crippen LogP) is 4.01. The molecular formula is C20H21F2N7O3. The van der Waals surface area contributed by atoms with Crippen LogP contribution in [-0.2, 0) is 0 Å². The van der Waals surface area contributed by atoms with Crippen LogP contribution in [0.4, 0.5) is 26.2 Å². The van der Waals surface area contributed by atoms with Crippen molar-refractivity contribution in [3.05, 3.63) is 46.9 Å². The molecule has 1 aliphatic rings. The average molecular weight is 445 g/mol. The molecule has 1 fully saturated rings. The van der Waals surface area contributed by atoms with Crippen LogP contribution in [0.25, 0.3) is 10.9 Å². The predicted molar refractivity (Wildman–Crippen MR) is 113 cm³/mol. The first-order chi connectivity index (χ1) is 15.5. The van der Waals surface area contributed by atoms with E-state index in [9.17, 15) is 18.9 Å². The Balaban J connectivity index is 1.30. The average Bonchev–Trinajstić information content (AvgIpc) is 2.79. The number of halogens is 2. The number of alkyl halides is 2. The maximum atomic E-state index is 12.6. The highest BCUT2D eigenvalue weighted by atomic mass is 19.3. The summed E-state index contributed by atoms with van der Waals surface area (Å²) in [7, 11) is 0. The van der Waals surface area contributed by atoms with Crippen molar-refractivity contribution < 1.29 is 18.4 Å². The van der Waals surface area contributed by atoms with Crippen molar-refractivity contribution in [3.63, 3.8) is 0 Å². The summed E-state index contributed by atoms with van der Waals surface area (Å²) in [6.07, 6.45) is 7.53. The van der Waals surface area contributed by atoms with E-state index in [1.54, 1.807) is 12.1 Å². The van der Waals surface area contributed by atoms with Crippen LogP contribution in [0.3, 0.4) is 0 Å². The lowest BCUT2D eigenvalue weighted by Gasteiger charge is -2.29. The first-order valence-electron chi connectivity index (χ1n) is 10.2. The van der Waals surface area contributed by atoms with Gasteiger partial charge in [-0.15, -0.1) is 0 Å². The van der Waals surface area contributed by atoms with Gasteiger partial charge >= 0.3 is 12.3 Å². The summed E-state index contributed by atoms with van der Waals surface area (Å²) in [4.78, 5) is 26.3. The highest BCUT2D eigenvalue weighted by Crippen LogP contribution is 2.28. The number of ether oxygens (including phenoxy) is 1. The van der Waals surface area contributed by atoms with Crippen molar-refractivity contribution in [2.24, 2.45) is 5.92 Å². The lowest BCUT2D eigenvalue weighted by Crippen LogP contribution is -2.29. The number of aromatic nitrogens is 4. The van der Waals surface area contributed by atoms with E-state index in [-0.39, 0.29) is 17.6 Å². The zero-order valence-corrected chi connectivity index (χ0v) is 16.9. The van der Waals surface area contributed by atoms with Crippen LogP contribution in [0.5, 0.6) is 5.88 Å². The number of rotatable bonds is 8. The molecule has 2 N–H and O–H groups in total. The minimum Gasteiger partial charge on any atom is -0.415 e. The number of fused-ring (bicyclic) bond motifs is 1. The highest BCUT2D eigenvalue weighted by Gasteiger charge is 2.22. The maximum Gasteiger partial charge on any atom is 0.388 e. The Bertz CT molecular complexity index is 1080. The first kappa shape index (κ1) is 21.5. The molecule has 0 radical (unpaired) electrons. The third-order valence-corrected chi connectivity index (χ3v) is 5.37. The van der Waals surface area contributed by atoms with E-state index in [0.29, 0.717) is 35.1 Å². The van der Waals surface area contributed by atoms with Crippen LogP contribution in [-0.4, -0.2) is 44.1 Å². The summed E-state index contributed by atoms with van der Waals surface area (Å²) >= 11 is 0. The van der Waals surface area contributed by atoms with E-state index in [1.165, 1.54) is 18.6 Å². The number of hydrogen-bond acceptors (Lipinski definition) is 9. The molecule has 168 valence electrons. The minimum absolute atomic E-state index is 0.145. The van der Waals surface area contributed by atoms with Gasteiger partial charge in [0.25, 0.3) is 0 Å². The highest BCUT2D eigenvalue weighted by molar-refractivity contribution is 5.84. The monoisotopic (exact) mass is 445 g/mol. The molecule has 0 aromatic carbocycles. The van der Waals surface area contributed by atoms with Gasteiger partial charge in [-0.05, 0) is 49.8 Å². The Kier molecular flexibility index (Phi) is 6.47. The Morgan fingerprint density at radius 2 is 1.88 bits per heavy atom. The number of nitro groups is 1. The number of pyridine rings is 2. The second kappa shape index (κ2) is 9.62. The van der Waals surface area contributed by atoms with Gasteiger partial charge in [-0.1, -0.05) is 0 Å². The van der Waals surface area contributed by atoms with Gasteiger partial charge in [0, 0.05) is 24.2 Å². The number of hydrogen-bond donors (Lipinski definition) is 2. The van der Waals surface area contributed by atoms with Crippen LogP contribution in [0.15, 0.2) is 36.8 Å². The summed E-state index contributed by atoms with van der Waals surface area (Å²) in [5, 5.41) is 17.8. The fraction of sp³-hybridized carbons (Fsp3) is 0.400. The smallest absolute Gasteiger partial charge is 0.388 e. The summed E-state index contributed by atoms with van der Waals surface area (Å²) in [5.41, 5.74) is 0.145. The summed E-state index contributed by atoms with van der Waals surface area (Å²) in [5.74, 6) is 1.19. The van der Waals surface area contributed by atoms with Crippen LogP contribution >= 0.6 is 0 Å². The molecule has 4 rings (SSSR count). The van der Waals surface area contributed by atoms with Crippen LogP contribution in [0.2, 0.25) is 0 Å². The van der Waals surface area contributed by atoms with Crippen molar-refractivity contribution in [1.29, 1.82) is 0 Å². The molecule has 0 spiro atoms. The lowest BCUT2D eigenvalue weighted by molar-refractivity contribution is -0.385. The maximum absolute atomic E-state index is 12.6. The molecule has 3 aromatic heterocycles. The fourth-order valence-electron chi connectivity index (χ4n) is 3.74. The van der Waals surface area contributed by atoms with Crippen LogP contribution in [0, 0.1) is 16.0 Å². The zero-order valence-electron chi connectivity index (χ0n) is 16.9. The molecule has 10 nitrogen and oxygen atoms in total. The molecule has 0 atom stereocenters. The topological polar surface area (TPSA) is 128 Å². The van der Waals surface area contributed by atoms with E-state index in [1.807, 2.05) is 6.07 Å². The molecule has 1 aliphatic carbocycles. The van der Waals surface area contributed by atoms with Gasteiger partial charge in [-0.2, -0.15) is 8.78 Å². The van der Waals surface area contributed by atoms with Crippen molar-refractivity contribution in [2.75, 3.05) is 17.2 Å². The number of nitrogens with one attached hydrogen (secondary N) is 2. The largest absolute Gasteiger partial charge is 0.415 e. The SMILES string of the molecule is O=[N+]([O-])c1cnc(NC[C@H]2CC[C@H](Nc3ccc4ccnc(OC(F)F)c4n3)CC2)nc1. The minimum atomic E-state index is -2.97. The zero-order chi connectivity index (χ0) is 22.5. The molecule has 0 unspecified atom stereocenters. The number of anilines is 2. The molecule has 3 heterocycles. The van der Waals surface area contributed by atoms with Crippen LogP contribution in [0.1, 0.15) is 25.7 Å². The van der Waals surface area contributed by atoms with Gasteiger partial charge in [0.15, 0.2) is 0 Å². The molecule has 0 aliphatic heterocycles. The van der Waals surface area contributed by atoms with Gasteiger partial charge in [-0.3, -0.25) is 10.1 Å². The quantitative estimate of drug-likeness (QED) is 0.390. The first-order valence-corrected chi connectivity index (χ1v) is 10.2. The van der Waals surface area contributed by atoms with E-state index >= 15 is 0 Å². The van der Waals surface area contributed by atoms with Gasteiger partial charge in [0.2, 0.25) is 11.8 Å². The molecule has 12 heteroatoms. The van der Waals surface area contributed by atoms with E-state index in [4.69, 9.17) is 0 Å². The molecule has 32 heavy (non-hydrogen) atoms. The van der Waals surface area contributed by atoms with Gasteiger partial charge in [0.05, 0.1) is 4.92 Å². The number of nitrogens with zero attached hydrogens (tertiary/aromatic N) is 5. The summed E-state index contributed by atoms with van der Waals surface area (Å²) in [6.45, 7) is -2.29. The Morgan fingerprint density at radius 3 is 2.56 bits per heavy atom. The van der Waals surface area contributed by atoms with E-state index in [0.717, 1.165) is 25.7 Å². The van der Waals surface area contributed by atoms with Gasteiger partial charge in [-0.25, -0.2) is 19.9 Å². The van der Waals surface area contributed by atoms with Gasteiger partial charge in [0.1, 0.15) is 23.7 Å². The standard InChI is InChI=1S/C20H21F2N7O3/c21-19(22)32-18-17-13(7-8-23-18)3-6-16(28-17)27-14-4-1-12(2-5-14)9-24-20-25-10-15(11-26-20)29(30)31/h3,6-8,10-12,14,19H,1-2,4-5,9H2,(H,27,28)(H,24,25,26)/t12-,14-. The normalized spacial score (nSPS) is 18.5. The molecule has 0 saturated heterocycles. The third kappa shape index (κ3) is 5.31. The Labute approximate surface area is 181 Å². The second-order valence-corrected chi connectivity index (χ2v) is 7.53.